The molecule has 0 aliphatic heterocycles. The fourth-order valence-electron chi connectivity index (χ4n) is 8.51. The van der Waals surface area contributed by atoms with Gasteiger partial charge >= 0.3 is 0 Å². The number of hydrogen-bond acceptors (Lipinski definition) is 2. The number of fused-ring (bicyclic) bond motifs is 5. The van der Waals surface area contributed by atoms with Crippen LogP contribution in [0.2, 0.25) is 0 Å². The van der Waals surface area contributed by atoms with Crippen molar-refractivity contribution in [1.82, 2.24) is 14.5 Å². The second-order valence-corrected chi connectivity index (χ2v) is 13.4. The summed E-state index contributed by atoms with van der Waals surface area (Å²) in [4.78, 5) is 9.46. The predicted molar refractivity (Wildman–Crippen MR) is 210 cm³/mol. The Hall–Kier alpha value is -6.58. The van der Waals surface area contributed by atoms with Gasteiger partial charge in [-0.15, -0.1) is 0 Å². The Bertz CT molecular complexity index is 2700. The summed E-state index contributed by atoms with van der Waals surface area (Å²) in [5.74, 6) is 0.961. The summed E-state index contributed by atoms with van der Waals surface area (Å²) in [7, 11) is 2.09. The van der Waals surface area contributed by atoms with Crippen LogP contribution < -0.4 is 0 Å². The molecule has 0 spiro atoms. The predicted octanol–water partition coefficient (Wildman–Crippen LogP) is 11.5. The van der Waals surface area contributed by atoms with E-state index in [2.05, 4.69) is 180 Å². The van der Waals surface area contributed by atoms with Crippen LogP contribution in [0.3, 0.4) is 0 Å². The second-order valence-electron chi connectivity index (χ2n) is 13.4. The molecule has 3 nitrogen and oxygen atoms in total. The van der Waals surface area contributed by atoms with Crippen LogP contribution in [0.1, 0.15) is 22.3 Å². The second kappa shape index (κ2) is 11.5. The minimum absolute atomic E-state index is 0.488. The number of aryl methyl sites for hydroxylation is 1. The normalized spacial score (nSPS) is 13.0. The van der Waals surface area contributed by atoms with Gasteiger partial charge in [-0.05, 0) is 91.4 Å². The van der Waals surface area contributed by atoms with Gasteiger partial charge < -0.3 is 4.57 Å². The molecule has 0 bridgehead atoms. The van der Waals surface area contributed by atoms with Gasteiger partial charge in [-0.2, -0.15) is 0 Å². The van der Waals surface area contributed by atoms with Gasteiger partial charge in [-0.1, -0.05) is 140 Å². The lowest BCUT2D eigenvalue weighted by molar-refractivity contribution is 0.769. The van der Waals surface area contributed by atoms with Crippen molar-refractivity contribution in [3.63, 3.8) is 0 Å². The maximum atomic E-state index is 4.99. The van der Waals surface area contributed by atoms with Gasteiger partial charge in [0.15, 0.2) is 0 Å². The van der Waals surface area contributed by atoms with Crippen LogP contribution >= 0.6 is 0 Å². The van der Waals surface area contributed by atoms with Crippen molar-refractivity contribution in [1.29, 1.82) is 0 Å². The Morgan fingerprint density at radius 1 is 0.490 bits per heavy atom. The van der Waals surface area contributed by atoms with Crippen LogP contribution in [0.25, 0.3) is 66.6 Å². The molecule has 2 heterocycles. The number of pyridine rings is 1. The van der Waals surface area contributed by atoms with Crippen LogP contribution in [0, 0.1) is 0 Å². The average Bonchev–Trinajstić information content (AvgIpc) is 3.70. The van der Waals surface area contributed by atoms with E-state index in [0.29, 0.717) is 0 Å². The van der Waals surface area contributed by atoms with Crippen molar-refractivity contribution >= 4 is 21.8 Å². The van der Waals surface area contributed by atoms with Crippen molar-refractivity contribution < 1.29 is 0 Å². The number of benzene rings is 7. The Labute approximate surface area is 297 Å². The van der Waals surface area contributed by atoms with E-state index in [-0.39, 0.29) is 0 Å². The minimum Gasteiger partial charge on any atom is -0.327 e. The standard InChI is InChI=1S/C48H33N3/c1-51-46-22-11-10-21-45(46)50-47(51)33-25-23-32(24-26-33)40-29-42-39-18-8-9-20-43(39)48(35-14-4-2-5-15-35,36-16-6-3-7-17-36)44(42)30-41(40)38-19-12-13-34-31-49-28-27-37(34)38/h2-31H,1H3. The third-order valence-electron chi connectivity index (χ3n) is 10.8. The lowest BCUT2D eigenvalue weighted by Gasteiger charge is -2.34. The van der Waals surface area contributed by atoms with Gasteiger partial charge in [-0.25, -0.2) is 4.98 Å². The summed E-state index contributed by atoms with van der Waals surface area (Å²) < 4.78 is 2.18. The largest absolute Gasteiger partial charge is 0.327 e. The van der Waals surface area contributed by atoms with Crippen LogP contribution in [-0.2, 0) is 12.5 Å². The van der Waals surface area contributed by atoms with Crippen LogP contribution in [0.5, 0.6) is 0 Å². The zero-order valence-electron chi connectivity index (χ0n) is 28.2. The molecule has 0 saturated heterocycles. The Balaban J connectivity index is 1.27. The number of imidazole rings is 1. The van der Waals surface area contributed by atoms with Gasteiger partial charge in [0.05, 0.1) is 16.4 Å². The molecule has 240 valence electrons. The summed E-state index contributed by atoms with van der Waals surface area (Å²) >= 11 is 0. The number of rotatable bonds is 5. The molecule has 0 radical (unpaired) electrons. The molecule has 9 aromatic rings. The number of para-hydroxylation sites is 2. The molecular formula is C48H33N3. The molecule has 10 rings (SSSR count). The van der Waals surface area contributed by atoms with Crippen molar-refractivity contribution in [3.8, 4) is 44.8 Å². The molecule has 0 N–H and O–H groups in total. The first-order valence-electron chi connectivity index (χ1n) is 17.5. The van der Waals surface area contributed by atoms with E-state index in [1.807, 2.05) is 18.5 Å². The van der Waals surface area contributed by atoms with Crippen LogP contribution in [0.15, 0.2) is 182 Å². The first-order chi connectivity index (χ1) is 25.2. The summed E-state index contributed by atoms with van der Waals surface area (Å²) in [6.45, 7) is 0. The summed E-state index contributed by atoms with van der Waals surface area (Å²) in [5.41, 5.74) is 15.1. The number of aromatic nitrogens is 3. The molecule has 0 amide bonds. The molecular weight excluding hydrogens is 619 g/mol. The third-order valence-corrected chi connectivity index (χ3v) is 10.8. The Kier molecular flexibility index (Phi) is 6.62. The Morgan fingerprint density at radius 3 is 1.92 bits per heavy atom. The maximum Gasteiger partial charge on any atom is 0.140 e. The zero-order chi connectivity index (χ0) is 33.9. The fraction of sp³-hybridized carbons (Fsp3) is 0.0417. The number of hydrogen-bond donors (Lipinski definition) is 0. The monoisotopic (exact) mass is 651 g/mol. The van der Waals surface area contributed by atoms with E-state index in [0.717, 1.165) is 33.4 Å². The molecule has 1 aliphatic carbocycles. The van der Waals surface area contributed by atoms with Gasteiger partial charge in [-0.3, -0.25) is 4.98 Å². The van der Waals surface area contributed by atoms with E-state index >= 15 is 0 Å². The smallest absolute Gasteiger partial charge is 0.140 e. The highest BCUT2D eigenvalue weighted by molar-refractivity contribution is 6.03. The highest BCUT2D eigenvalue weighted by atomic mass is 15.1. The lowest BCUT2D eigenvalue weighted by Crippen LogP contribution is -2.28. The molecule has 1 aliphatic rings. The molecule has 0 atom stereocenters. The first kappa shape index (κ1) is 29.3. The molecule has 2 aromatic heterocycles. The molecule has 0 unspecified atom stereocenters. The van der Waals surface area contributed by atoms with Crippen LogP contribution in [-0.4, -0.2) is 14.5 Å². The summed E-state index contributed by atoms with van der Waals surface area (Å²) in [6, 6.07) is 61.9. The minimum atomic E-state index is -0.488. The SMILES string of the molecule is Cn1c(-c2ccc(-c3cc4c(cc3-c3cccc5cnccc35)C(c3ccccc3)(c3ccccc3)c3ccccc3-4)cc2)nc2ccccc21. The molecule has 7 aromatic carbocycles. The highest BCUT2D eigenvalue weighted by Gasteiger charge is 2.46. The average molecular weight is 652 g/mol. The van der Waals surface area contributed by atoms with E-state index in [1.165, 1.54) is 55.5 Å². The van der Waals surface area contributed by atoms with Gasteiger partial charge in [0, 0.05) is 30.4 Å². The molecule has 51 heavy (non-hydrogen) atoms. The topological polar surface area (TPSA) is 30.7 Å². The maximum absolute atomic E-state index is 4.99. The quantitative estimate of drug-likeness (QED) is 0.185. The summed E-state index contributed by atoms with van der Waals surface area (Å²) in [6.07, 6.45) is 3.87. The van der Waals surface area contributed by atoms with Crippen molar-refractivity contribution in [2.24, 2.45) is 7.05 Å². The molecule has 0 fully saturated rings. The molecule has 0 saturated carbocycles. The molecule has 3 heteroatoms. The van der Waals surface area contributed by atoms with Crippen LogP contribution in [0.4, 0.5) is 0 Å². The van der Waals surface area contributed by atoms with Crippen molar-refractivity contribution in [2.45, 2.75) is 5.41 Å². The van der Waals surface area contributed by atoms with Crippen molar-refractivity contribution in [2.75, 3.05) is 0 Å². The fourth-order valence-corrected chi connectivity index (χ4v) is 8.51. The third kappa shape index (κ3) is 4.38. The van der Waals surface area contributed by atoms with Gasteiger partial charge in [0.2, 0.25) is 0 Å². The zero-order valence-corrected chi connectivity index (χ0v) is 28.2. The summed E-state index contributed by atoms with van der Waals surface area (Å²) in [5, 5.41) is 2.31. The van der Waals surface area contributed by atoms with E-state index in [1.54, 1.807) is 0 Å². The highest BCUT2D eigenvalue weighted by Crippen LogP contribution is 2.58. The van der Waals surface area contributed by atoms with Gasteiger partial charge in [0.25, 0.3) is 0 Å². The Morgan fingerprint density at radius 2 is 1.16 bits per heavy atom. The van der Waals surface area contributed by atoms with Gasteiger partial charge in [0.1, 0.15) is 5.82 Å². The number of nitrogens with zero attached hydrogens (tertiary/aromatic N) is 3. The van der Waals surface area contributed by atoms with E-state index in [9.17, 15) is 0 Å². The van der Waals surface area contributed by atoms with E-state index < -0.39 is 5.41 Å². The first-order valence-corrected chi connectivity index (χ1v) is 17.5. The van der Waals surface area contributed by atoms with Crippen molar-refractivity contribution in [3.05, 3.63) is 205 Å². The van der Waals surface area contributed by atoms with E-state index in [4.69, 9.17) is 4.98 Å². The lowest BCUT2D eigenvalue weighted by atomic mass is 9.67.